The molecule has 0 spiro atoms. The van der Waals surface area contributed by atoms with Crippen LogP contribution < -0.4 is 5.32 Å². The Morgan fingerprint density at radius 1 is 1.31 bits per heavy atom. The van der Waals surface area contributed by atoms with E-state index in [4.69, 9.17) is 4.74 Å². The lowest BCUT2D eigenvalue weighted by atomic mass is 9.76. The van der Waals surface area contributed by atoms with Gasteiger partial charge in [0, 0.05) is 19.8 Å². The summed E-state index contributed by atoms with van der Waals surface area (Å²) < 4.78 is 5.50. The molecule has 0 amide bonds. The molecule has 0 bridgehead atoms. The zero-order valence-electron chi connectivity index (χ0n) is 10.9. The Morgan fingerprint density at radius 2 is 2.06 bits per heavy atom. The molecule has 1 aliphatic heterocycles. The van der Waals surface area contributed by atoms with Gasteiger partial charge in [0.1, 0.15) is 0 Å². The standard InChI is InChI=1S/C13H27NOS/c1-3-8-14-12-13(5-4-11-16-2)6-9-15-10-7-13/h14H,3-12H2,1-2H3. The quantitative estimate of drug-likeness (QED) is 0.664. The fourth-order valence-electron chi connectivity index (χ4n) is 2.44. The van der Waals surface area contributed by atoms with Crippen LogP contribution in [0.1, 0.15) is 39.0 Å². The number of hydrogen-bond acceptors (Lipinski definition) is 3. The second-order valence-electron chi connectivity index (χ2n) is 4.89. The van der Waals surface area contributed by atoms with Crippen molar-refractivity contribution in [2.24, 2.45) is 5.41 Å². The fraction of sp³-hybridized carbons (Fsp3) is 1.00. The van der Waals surface area contributed by atoms with Gasteiger partial charge in [-0.05, 0) is 56.1 Å². The van der Waals surface area contributed by atoms with Crippen molar-refractivity contribution in [3.05, 3.63) is 0 Å². The molecular formula is C13H27NOS. The maximum absolute atomic E-state index is 5.50. The highest BCUT2D eigenvalue weighted by atomic mass is 32.2. The molecule has 1 saturated heterocycles. The normalized spacial score (nSPS) is 19.9. The van der Waals surface area contributed by atoms with Crippen LogP contribution in [-0.2, 0) is 4.74 Å². The predicted octanol–water partition coefficient (Wildman–Crippen LogP) is 2.93. The molecule has 1 fully saturated rings. The van der Waals surface area contributed by atoms with Gasteiger partial charge in [0.2, 0.25) is 0 Å². The average Bonchev–Trinajstić information content (AvgIpc) is 2.31. The molecule has 0 radical (unpaired) electrons. The van der Waals surface area contributed by atoms with Crippen molar-refractivity contribution >= 4 is 11.8 Å². The van der Waals surface area contributed by atoms with Gasteiger partial charge in [0.25, 0.3) is 0 Å². The van der Waals surface area contributed by atoms with Gasteiger partial charge >= 0.3 is 0 Å². The molecule has 0 aromatic rings. The Hall–Kier alpha value is 0.270. The molecule has 0 unspecified atom stereocenters. The Labute approximate surface area is 105 Å². The number of rotatable bonds is 8. The van der Waals surface area contributed by atoms with E-state index in [1.54, 1.807) is 0 Å². The van der Waals surface area contributed by atoms with Gasteiger partial charge in [-0.2, -0.15) is 11.8 Å². The van der Waals surface area contributed by atoms with Crippen LogP contribution in [0.5, 0.6) is 0 Å². The van der Waals surface area contributed by atoms with Crippen LogP contribution in [0.2, 0.25) is 0 Å². The number of hydrogen-bond donors (Lipinski definition) is 1. The highest BCUT2D eigenvalue weighted by Gasteiger charge is 2.31. The van der Waals surface area contributed by atoms with Crippen LogP contribution in [0.4, 0.5) is 0 Å². The van der Waals surface area contributed by atoms with Crippen molar-refractivity contribution in [1.29, 1.82) is 0 Å². The summed E-state index contributed by atoms with van der Waals surface area (Å²) in [6.45, 7) is 6.52. The molecule has 0 aromatic heterocycles. The molecule has 0 saturated carbocycles. The second kappa shape index (κ2) is 8.37. The van der Waals surface area contributed by atoms with Gasteiger partial charge in [0.05, 0.1) is 0 Å². The molecule has 1 heterocycles. The number of ether oxygens (including phenoxy) is 1. The summed E-state index contributed by atoms with van der Waals surface area (Å²) in [6.07, 6.45) is 8.66. The zero-order valence-corrected chi connectivity index (χ0v) is 11.7. The van der Waals surface area contributed by atoms with Crippen LogP contribution in [0.3, 0.4) is 0 Å². The first-order valence-electron chi connectivity index (χ1n) is 6.60. The summed E-state index contributed by atoms with van der Waals surface area (Å²) in [5.74, 6) is 1.30. The highest BCUT2D eigenvalue weighted by Crippen LogP contribution is 2.35. The van der Waals surface area contributed by atoms with Crippen molar-refractivity contribution < 1.29 is 4.74 Å². The topological polar surface area (TPSA) is 21.3 Å². The first-order valence-corrected chi connectivity index (χ1v) is 8.00. The van der Waals surface area contributed by atoms with E-state index in [-0.39, 0.29) is 0 Å². The average molecular weight is 245 g/mol. The maximum atomic E-state index is 5.50. The number of thioether (sulfide) groups is 1. The third kappa shape index (κ3) is 5.07. The molecule has 0 aliphatic carbocycles. The second-order valence-corrected chi connectivity index (χ2v) is 5.87. The van der Waals surface area contributed by atoms with E-state index in [2.05, 4.69) is 18.5 Å². The van der Waals surface area contributed by atoms with E-state index in [9.17, 15) is 0 Å². The Kier molecular flexibility index (Phi) is 7.50. The van der Waals surface area contributed by atoms with Crippen LogP contribution in [0.15, 0.2) is 0 Å². The minimum atomic E-state index is 0.531. The lowest BCUT2D eigenvalue weighted by Gasteiger charge is -2.37. The fourth-order valence-corrected chi connectivity index (χ4v) is 2.87. The monoisotopic (exact) mass is 245 g/mol. The maximum Gasteiger partial charge on any atom is 0.0471 e. The zero-order chi connectivity index (χ0) is 11.7. The van der Waals surface area contributed by atoms with Crippen LogP contribution in [0.25, 0.3) is 0 Å². The van der Waals surface area contributed by atoms with Crippen molar-refractivity contribution in [2.45, 2.75) is 39.0 Å². The molecule has 1 aliphatic rings. The van der Waals surface area contributed by atoms with Gasteiger partial charge < -0.3 is 10.1 Å². The molecule has 96 valence electrons. The van der Waals surface area contributed by atoms with Crippen molar-refractivity contribution in [2.75, 3.05) is 38.3 Å². The SMILES string of the molecule is CCCNCC1(CCCSC)CCOCC1. The Bertz CT molecular complexity index is 157. The molecule has 1 rings (SSSR count). The first kappa shape index (κ1) is 14.3. The summed E-state index contributed by atoms with van der Waals surface area (Å²) in [5.41, 5.74) is 0.531. The van der Waals surface area contributed by atoms with E-state index >= 15 is 0 Å². The molecule has 16 heavy (non-hydrogen) atoms. The minimum Gasteiger partial charge on any atom is -0.381 e. The Balaban J connectivity index is 2.33. The molecule has 3 heteroatoms. The third-order valence-corrected chi connectivity index (χ3v) is 4.23. The van der Waals surface area contributed by atoms with Crippen LogP contribution >= 0.6 is 11.8 Å². The van der Waals surface area contributed by atoms with Gasteiger partial charge in [-0.3, -0.25) is 0 Å². The van der Waals surface area contributed by atoms with Gasteiger partial charge in [-0.1, -0.05) is 6.92 Å². The summed E-state index contributed by atoms with van der Waals surface area (Å²) in [4.78, 5) is 0. The van der Waals surface area contributed by atoms with E-state index < -0.39 is 0 Å². The van der Waals surface area contributed by atoms with Crippen molar-refractivity contribution in [3.8, 4) is 0 Å². The summed E-state index contributed by atoms with van der Waals surface area (Å²) >= 11 is 1.97. The van der Waals surface area contributed by atoms with E-state index in [1.165, 1.54) is 44.4 Å². The van der Waals surface area contributed by atoms with Crippen LogP contribution in [-0.4, -0.2) is 38.3 Å². The predicted molar refractivity (Wildman–Crippen MR) is 73.3 cm³/mol. The summed E-state index contributed by atoms with van der Waals surface area (Å²) in [5, 5.41) is 3.61. The van der Waals surface area contributed by atoms with Gasteiger partial charge in [0.15, 0.2) is 0 Å². The first-order chi connectivity index (χ1) is 7.83. The summed E-state index contributed by atoms with van der Waals surface area (Å²) in [7, 11) is 0. The number of nitrogens with one attached hydrogen (secondary N) is 1. The smallest absolute Gasteiger partial charge is 0.0471 e. The van der Waals surface area contributed by atoms with E-state index in [0.717, 1.165) is 19.8 Å². The summed E-state index contributed by atoms with van der Waals surface area (Å²) in [6, 6.07) is 0. The molecule has 1 N–H and O–H groups in total. The van der Waals surface area contributed by atoms with Gasteiger partial charge in [-0.15, -0.1) is 0 Å². The van der Waals surface area contributed by atoms with Gasteiger partial charge in [-0.25, -0.2) is 0 Å². The molecule has 0 atom stereocenters. The molecule has 0 aromatic carbocycles. The molecule has 2 nitrogen and oxygen atoms in total. The van der Waals surface area contributed by atoms with Crippen LogP contribution in [0, 0.1) is 5.41 Å². The molecular weight excluding hydrogens is 218 g/mol. The minimum absolute atomic E-state index is 0.531. The third-order valence-electron chi connectivity index (χ3n) is 3.54. The Morgan fingerprint density at radius 3 is 2.69 bits per heavy atom. The van der Waals surface area contributed by atoms with E-state index in [1.807, 2.05) is 11.8 Å². The van der Waals surface area contributed by atoms with Crippen molar-refractivity contribution in [3.63, 3.8) is 0 Å². The lowest BCUT2D eigenvalue weighted by molar-refractivity contribution is 0.0103. The lowest BCUT2D eigenvalue weighted by Crippen LogP contribution is -2.39. The van der Waals surface area contributed by atoms with E-state index in [0.29, 0.717) is 5.41 Å². The van der Waals surface area contributed by atoms with Crippen molar-refractivity contribution in [1.82, 2.24) is 5.32 Å². The highest BCUT2D eigenvalue weighted by molar-refractivity contribution is 7.98. The largest absolute Gasteiger partial charge is 0.381 e.